The van der Waals surface area contributed by atoms with E-state index in [4.69, 9.17) is 0 Å². The molecule has 0 heterocycles. The van der Waals surface area contributed by atoms with Gasteiger partial charge in [-0.25, -0.2) is 0 Å². The fraction of sp³-hybridized carbons (Fsp3) is 0.375. The Hall–Kier alpha value is -1.38. The molecule has 1 saturated carbocycles. The van der Waals surface area contributed by atoms with E-state index in [1.54, 1.807) is 0 Å². The van der Waals surface area contributed by atoms with Gasteiger partial charge in [0.1, 0.15) is 0 Å². The van der Waals surface area contributed by atoms with Crippen LogP contribution in [0.25, 0.3) is 0 Å². The molecule has 1 fully saturated rings. The quantitative estimate of drug-likeness (QED) is 0.733. The first-order valence-electron chi connectivity index (χ1n) is 6.29. The first kappa shape index (κ1) is 13.1. The van der Waals surface area contributed by atoms with Gasteiger partial charge in [0, 0.05) is 11.3 Å². The van der Waals surface area contributed by atoms with Crippen LogP contribution in [-0.4, -0.2) is 22.9 Å². The average Bonchev–Trinajstić information content (AvgIpc) is 2.54. The van der Waals surface area contributed by atoms with Gasteiger partial charge in [-0.2, -0.15) is 0 Å². The molecule has 0 amide bonds. The second-order valence-corrected chi connectivity index (χ2v) is 5.20. The summed E-state index contributed by atoms with van der Waals surface area (Å²) >= 11 is 0. The van der Waals surface area contributed by atoms with Gasteiger partial charge in [-0.15, -0.1) is 0 Å². The summed E-state index contributed by atoms with van der Waals surface area (Å²) in [5.74, 6) is 0.115. The highest BCUT2D eigenvalue weighted by Crippen LogP contribution is 2.48. The molecule has 2 aliphatic carbocycles. The predicted molar refractivity (Wildman–Crippen MR) is 73.9 cm³/mol. The van der Waals surface area contributed by atoms with E-state index in [-0.39, 0.29) is 12.5 Å². The van der Waals surface area contributed by atoms with Gasteiger partial charge in [0.2, 0.25) is 0 Å². The van der Waals surface area contributed by atoms with E-state index in [0.717, 1.165) is 11.1 Å². The summed E-state index contributed by atoms with van der Waals surface area (Å²) in [5.41, 5.74) is 1.48. The average molecular weight is 244 g/mol. The van der Waals surface area contributed by atoms with E-state index < -0.39 is 11.5 Å². The normalized spacial score (nSPS) is 39.1. The third kappa shape index (κ3) is 2.14. The van der Waals surface area contributed by atoms with E-state index in [1.165, 1.54) is 0 Å². The van der Waals surface area contributed by atoms with Crippen LogP contribution >= 0.6 is 0 Å². The molecule has 0 aromatic heterocycles. The largest absolute Gasteiger partial charge is 0.395 e. The smallest absolute Gasteiger partial charge is 0.0662 e. The Labute approximate surface area is 108 Å². The molecule has 2 N–H and O–H groups in total. The molecule has 96 valence electrons. The topological polar surface area (TPSA) is 40.5 Å². The van der Waals surface area contributed by atoms with Crippen LogP contribution in [0.3, 0.4) is 0 Å². The zero-order valence-corrected chi connectivity index (χ0v) is 10.7. The Bertz CT molecular complexity index is 454. The first-order valence-corrected chi connectivity index (χ1v) is 6.29. The lowest BCUT2D eigenvalue weighted by atomic mass is 9.81. The number of hydrogen-bond donors (Lipinski definition) is 2. The minimum Gasteiger partial charge on any atom is -0.395 e. The van der Waals surface area contributed by atoms with E-state index in [9.17, 15) is 10.2 Å². The van der Waals surface area contributed by atoms with Crippen LogP contribution in [0.2, 0.25) is 0 Å². The summed E-state index contributed by atoms with van der Waals surface area (Å²) in [6, 6.07) is 0. The molecule has 3 atom stereocenters. The Morgan fingerprint density at radius 3 is 2.61 bits per heavy atom. The summed E-state index contributed by atoms with van der Waals surface area (Å²) < 4.78 is 0. The molecule has 2 aliphatic rings. The van der Waals surface area contributed by atoms with Crippen LogP contribution in [0.5, 0.6) is 0 Å². The van der Waals surface area contributed by atoms with Gasteiger partial charge in [0.15, 0.2) is 0 Å². The second-order valence-electron chi connectivity index (χ2n) is 5.20. The van der Waals surface area contributed by atoms with E-state index in [1.807, 2.05) is 49.5 Å². The molecule has 18 heavy (non-hydrogen) atoms. The molecule has 0 aromatic rings. The highest BCUT2D eigenvalue weighted by Gasteiger charge is 2.46. The van der Waals surface area contributed by atoms with Crippen molar-refractivity contribution >= 4 is 0 Å². The van der Waals surface area contributed by atoms with Gasteiger partial charge in [-0.05, 0) is 12.0 Å². The summed E-state index contributed by atoms with van der Waals surface area (Å²) in [5, 5.41) is 19.6. The molecule has 0 aromatic carbocycles. The second kappa shape index (κ2) is 5.09. The minimum absolute atomic E-state index is 0.0593. The number of aliphatic hydroxyl groups is 2. The van der Waals surface area contributed by atoms with Crippen LogP contribution in [0, 0.1) is 11.3 Å². The van der Waals surface area contributed by atoms with Crippen LogP contribution in [0.1, 0.15) is 13.3 Å². The zero-order valence-electron chi connectivity index (χ0n) is 10.7. The fourth-order valence-corrected chi connectivity index (χ4v) is 2.60. The SMILES string of the molecule is C=C1C(C2=C/C=C\C=C/C=C2)CC(O)C1(C)CO. The van der Waals surface area contributed by atoms with Crippen molar-refractivity contribution in [2.75, 3.05) is 6.61 Å². The number of rotatable bonds is 2. The summed E-state index contributed by atoms with van der Waals surface area (Å²) in [6.45, 7) is 5.92. The van der Waals surface area contributed by atoms with E-state index in [0.29, 0.717) is 6.42 Å². The van der Waals surface area contributed by atoms with Crippen molar-refractivity contribution in [3.05, 3.63) is 60.3 Å². The molecular formula is C16H20O2. The maximum Gasteiger partial charge on any atom is 0.0662 e. The number of aliphatic hydroxyl groups excluding tert-OH is 2. The van der Waals surface area contributed by atoms with Gasteiger partial charge in [0.25, 0.3) is 0 Å². The Kier molecular flexibility index (Phi) is 3.69. The van der Waals surface area contributed by atoms with Crippen LogP contribution in [0.4, 0.5) is 0 Å². The van der Waals surface area contributed by atoms with Crippen molar-refractivity contribution in [2.45, 2.75) is 19.4 Å². The molecule has 0 radical (unpaired) electrons. The van der Waals surface area contributed by atoms with Crippen molar-refractivity contribution in [3.8, 4) is 0 Å². The van der Waals surface area contributed by atoms with Crippen molar-refractivity contribution in [1.29, 1.82) is 0 Å². The lowest BCUT2D eigenvalue weighted by molar-refractivity contribution is 0.0394. The zero-order chi connectivity index (χ0) is 13.2. The van der Waals surface area contributed by atoms with Crippen LogP contribution in [-0.2, 0) is 0 Å². The van der Waals surface area contributed by atoms with Crippen molar-refractivity contribution < 1.29 is 10.2 Å². The van der Waals surface area contributed by atoms with Gasteiger partial charge in [0.05, 0.1) is 12.7 Å². The van der Waals surface area contributed by atoms with Gasteiger partial charge >= 0.3 is 0 Å². The highest BCUT2D eigenvalue weighted by molar-refractivity contribution is 5.40. The number of hydrogen-bond acceptors (Lipinski definition) is 2. The van der Waals surface area contributed by atoms with E-state index in [2.05, 4.69) is 6.58 Å². The molecule has 3 unspecified atom stereocenters. The summed E-state index contributed by atoms with van der Waals surface area (Å²) in [6.07, 6.45) is 14.1. The lowest BCUT2D eigenvalue weighted by Crippen LogP contribution is -2.31. The maximum atomic E-state index is 10.1. The highest BCUT2D eigenvalue weighted by atomic mass is 16.3. The Balaban J connectivity index is 2.28. The fourth-order valence-electron chi connectivity index (χ4n) is 2.60. The molecule has 2 nitrogen and oxygen atoms in total. The number of allylic oxidation sites excluding steroid dienone is 8. The molecule has 0 saturated heterocycles. The Morgan fingerprint density at radius 2 is 1.94 bits per heavy atom. The third-order valence-corrected chi connectivity index (χ3v) is 4.10. The monoisotopic (exact) mass is 244 g/mol. The minimum atomic E-state index is -0.582. The molecular weight excluding hydrogens is 224 g/mol. The van der Waals surface area contributed by atoms with Gasteiger partial charge < -0.3 is 10.2 Å². The maximum absolute atomic E-state index is 10.1. The van der Waals surface area contributed by atoms with Crippen LogP contribution < -0.4 is 0 Å². The van der Waals surface area contributed by atoms with Gasteiger partial charge in [-0.3, -0.25) is 0 Å². The lowest BCUT2D eigenvalue weighted by Gasteiger charge is -2.27. The third-order valence-electron chi connectivity index (χ3n) is 4.10. The van der Waals surface area contributed by atoms with Crippen LogP contribution in [0.15, 0.2) is 60.3 Å². The van der Waals surface area contributed by atoms with E-state index >= 15 is 0 Å². The molecule has 0 aliphatic heterocycles. The van der Waals surface area contributed by atoms with Crippen molar-refractivity contribution in [3.63, 3.8) is 0 Å². The molecule has 0 bridgehead atoms. The first-order chi connectivity index (χ1) is 8.59. The standard InChI is InChI=1S/C16H20O2/c1-12-14(10-15(18)16(12,2)11-17)13-8-6-4-3-5-7-9-13/h3-9,14-15,17-18H,1,10-11H2,2H3/b4-3-,5-3?,6-4?,7-5-,8-6?,9-7?,13-8?,13-9?. The van der Waals surface area contributed by atoms with Crippen molar-refractivity contribution in [1.82, 2.24) is 0 Å². The Morgan fingerprint density at radius 1 is 1.28 bits per heavy atom. The predicted octanol–water partition coefficient (Wildman–Crippen LogP) is 2.53. The van der Waals surface area contributed by atoms with Crippen molar-refractivity contribution in [2.24, 2.45) is 11.3 Å². The summed E-state index contributed by atoms with van der Waals surface area (Å²) in [4.78, 5) is 0. The molecule has 2 rings (SSSR count). The molecule has 2 heteroatoms. The van der Waals surface area contributed by atoms with Gasteiger partial charge in [-0.1, -0.05) is 61.6 Å². The molecule has 0 spiro atoms. The summed E-state index contributed by atoms with van der Waals surface area (Å²) in [7, 11) is 0.